The summed E-state index contributed by atoms with van der Waals surface area (Å²) in [6.45, 7) is 8.80. The lowest BCUT2D eigenvalue weighted by Crippen LogP contribution is -2.66. The molecule has 2 heterocycles. The van der Waals surface area contributed by atoms with Gasteiger partial charge in [-0.2, -0.15) is 5.43 Å². The molecule has 3 fully saturated rings. The molecule has 0 spiro atoms. The van der Waals surface area contributed by atoms with Crippen LogP contribution < -0.4 is 10.7 Å². The molecule has 2 aliphatic heterocycles. The van der Waals surface area contributed by atoms with Gasteiger partial charge in [-0.15, -0.1) is 0 Å². The van der Waals surface area contributed by atoms with Crippen LogP contribution in [0.1, 0.15) is 55.4 Å². The molecule has 2 saturated heterocycles. The normalized spacial score (nSPS) is 25.4. The maximum atomic E-state index is 13.9. The zero-order chi connectivity index (χ0) is 26.3. The summed E-state index contributed by atoms with van der Waals surface area (Å²) in [5, 5.41) is 4.66. The first-order chi connectivity index (χ1) is 17.7. The third-order valence-corrected chi connectivity index (χ3v) is 7.89. The predicted octanol–water partition coefficient (Wildman–Crippen LogP) is 3.68. The van der Waals surface area contributed by atoms with E-state index in [0.717, 1.165) is 22.3 Å². The van der Waals surface area contributed by atoms with E-state index in [0.29, 0.717) is 32.4 Å². The SMILES string of the molecule is Cc1ccc(C)c(CN2NC3N(Cc4ccccc4)C(=O)C4CCC(C(=O)NC(C)C)CC4N3C2=O)c1. The number of fused-ring (bicyclic) bond motifs is 3. The van der Waals surface area contributed by atoms with Crippen LogP contribution in [0.2, 0.25) is 0 Å². The van der Waals surface area contributed by atoms with Crippen molar-refractivity contribution in [2.45, 2.75) is 78.4 Å². The maximum Gasteiger partial charge on any atom is 0.337 e. The van der Waals surface area contributed by atoms with Crippen molar-refractivity contribution in [2.75, 3.05) is 0 Å². The highest BCUT2D eigenvalue weighted by Gasteiger charge is 2.56. The zero-order valence-corrected chi connectivity index (χ0v) is 22.1. The molecule has 37 heavy (non-hydrogen) atoms. The molecule has 0 aromatic heterocycles. The van der Waals surface area contributed by atoms with E-state index in [2.05, 4.69) is 28.9 Å². The Kier molecular flexibility index (Phi) is 6.94. The molecule has 5 rings (SSSR count). The van der Waals surface area contributed by atoms with Gasteiger partial charge in [-0.1, -0.05) is 54.1 Å². The lowest BCUT2D eigenvalue weighted by Gasteiger charge is -2.49. The Morgan fingerprint density at radius 2 is 1.81 bits per heavy atom. The number of carbonyl (C=O) groups is 3. The summed E-state index contributed by atoms with van der Waals surface area (Å²) in [5.74, 6) is -0.462. The van der Waals surface area contributed by atoms with Crippen LogP contribution in [0.15, 0.2) is 48.5 Å². The number of benzene rings is 2. The van der Waals surface area contributed by atoms with Crippen LogP contribution in [0.3, 0.4) is 0 Å². The molecule has 4 amide bonds. The van der Waals surface area contributed by atoms with Crippen LogP contribution in [0.25, 0.3) is 0 Å². The van der Waals surface area contributed by atoms with E-state index in [9.17, 15) is 14.4 Å². The second-order valence-corrected chi connectivity index (χ2v) is 11.0. The highest BCUT2D eigenvalue weighted by Crippen LogP contribution is 2.41. The molecule has 4 unspecified atom stereocenters. The summed E-state index contributed by atoms with van der Waals surface area (Å²) in [7, 11) is 0. The van der Waals surface area contributed by atoms with E-state index < -0.39 is 6.29 Å². The zero-order valence-electron chi connectivity index (χ0n) is 22.1. The number of rotatable bonds is 6. The molecular weight excluding hydrogens is 466 g/mol. The number of aryl methyl sites for hydroxylation is 2. The van der Waals surface area contributed by atoms with Crippen LogP contribution in [-0.2, 0) is 22.7 Å². The second kappa shape index (κ2) is 10.2. The summed E-state index contributed by atoms with van der Waals surface area (Å²) >= 11 is 0. The third-order valence-electron chi connectivity index (χ3n) is 7.89. The fourth-order valence-electron chi connectivity index (χ4n) is 5.96. The number of hydrogen-bond donors (Lipinski definition) is 2. The Hall–Kier alpha value is -3.39. The Morgan fingerprint density at radius 1 is 1.05 bits per heavy atom. The topological polar surface area (TPSA) is 85.0 Å². The standard InChI is InChI=1S/C29H37N5O3/c1-18(2)30-26(35)22-12-13-24-25(15-22)34-28(32(27(24)36)16-21-8-6-5-7-9-21)31-33(29(34)37)17-23-14-19(3)10-11-20(23)4/h5-11,14,18,22,24-25,28,31H,12-13,15-17H2,1-4H3,(H,30,35). The second-order valence-electron chi connectivity index (χ2n) is 11.0. The van der Waals surface area contributed by atoms with Gasteiger partial charge in [0.1, 0.15) is 0 Å². The number of nitrogens with zero attached hydrogens (tertiary/aromatic N) is 3. The molecule has 0 radical (unpaired) electrons. The minimum absolute atomic E-state index is 0.0102. The molecule has 3 aliphatic rings. The molecule has 2 N–H and O–H groups in total. The molecule has 8 nitrogen and oxygen atoms in total. The van der Waals surface area contributed by atoms with E-state index in [1.54, 1.807) is 9.91 Å². The van der Waals surface area contributed by atoms with Crippen LogP contribution in [0.5, 0.6) is 0 Å². The van der Waals surface area contributed by atoms with Crippen molar-refractivity contribution >= 4 is 17.8 Å². The number of carbonyl (C=O) groups excluding carboxylic acids is 3. The van der Waals surface area contributed by atoms with E-state index in [-0.39, 0.29) is 41.8 Å². The average molecular weight is 504 g/mol. The fourth-order valence-corrected chi connectivity index (χ4v) is 5.96. The molecule has 196 valence electrons. The van der Waals surface area contributed by atoms with E-state index >= 15 is 0 Å². The molecular formula is C29H37N5O3. The first kappa shape index (κ1) is 25.3. The highest BCUT2D eigenvalue weighted by molar-refractivity contribution is 5.87. The number of urea groups is 1. The summed E-state index contributed by atoms with van der Waals surface area (Å²) < 4.78 is 0. The Bertz CT molecular complexity index is 1180. The fraction of sp³-hybridized carbons (Fsp3) is 0.483. The van der Waals surface area contributed by atoms with Crippen molar-refractivity contribution in [1.29, 1.82) is 0 Å². The molecule has 2 aromatic carbocycles. The average Bonchev–Trinajstić information content (AvgIpc) is 3.19. The van der Waals surface area contributed by atoms with Crippen molar-refractivity contribution < 1.29 is 14.4 Å². The van der Waals surface area contributed by atoms with Gasteiger partial charge in [0.05, 0.1) is 12.5 Å². The van der Waals surface area contributed by atoms with Crippen molar-refractivity contribution in [3.8, 4) is 0 Å². The molecule has 2 aromatic rings. The van der Waals surface area contributed by atoms with Gasteiger partial charge in [-0.3, -0.25) is 19.5 Å². The third kappa shape index (κ3) is 4.94. The van der Waals surface area contributed by atoms with E-state index in [1.165, 1.54) is 0 Å². The lowest BCUT2D eigenvalue weighted by atomic mass is 9.75. The van der Waals surface area contributed by atoms with Gasteiger partial charge in [-0.25, -0.2) is 4.79 Å². The number of hydrazine groups is 1. The van der Waals surface area contributed by atoms with Gasteiger partial charge in [0.15, 0.2) is 6.29 Å². The first-order valence-corrected chi connectivity index (χ1v) is 13.3. The number of hydrogen-bond acceptors (Lipinski definition) is 4. The minimum atomic E-state index is -0.585. The van der Waals surface area contributed by atoms with Gasteiger partial charge in [0, 0.05) is 24.5 Å². The molecule has 1 aliphatic carbocycles. The first-order valence-electron chi connectivity index (χ1n) is 13.3. The molecule has 1 saturated carbocycles. The van der Waals surface area contributed by atoms with Crippen LogP contribution in [-0.4, -0.2) is 51.0 Å². The smallest absolute Gasteiger partial charge is 0.337 e. The van der Waals surface area contributed by atoms with Crippen LogP contribution >= 0.6 is 0 Å². The summed E-state index contributed by atoms with van der Waals surface area (Å²) in [6, 6.07) is 15.7. The van der Waals surface area contributed by atoms with E-state index in [1.807, 2.05) is 62.9 Å². The van der Waals surface area contributed by atoms with Gasteiger partial charge >= 0.3 is 6.03 Å². The quantitative estimate of drug-likeness (QED) is 0.630. The monoisotopic (exact) mass is 503 g/mol. The summed E-state index contributed by atoms with van der Waals surface area (Å²) in [6.07, 6.45) is 1.16. The highest BCUT2D eigenvalue weighted by atomic mass is 16.2. The Morgan fingerprint density at radius 3 is 2.54 bits per heavy atom. The number of amides is 4. The predicted molar refractivity (Wildman–Crippen MR) is 141 cm³/mol. The Balaban J connectivity index is 1.45. The van der Waals surface area contributed by atoms with E-state index in [4.69, 9.17) is 0 Å². The molecule has 8 heteroatoms. The van der Waals surface area contributed by atoms with Crippen molar-refractivity contribution in [3.05, 3.63) is 70.8 Å². The number of nitrogens with one attached hydrogen (secondary N) is 2. The van der Waals surface area contributed by atoms with Crippen LogP contribution in [0.4, 0.5) is 4.79 Å². The van der Waals surface area contributed by atoms with Gasteiger partial charge in [-0.05, 0) is 63.6 Å². The summed E-state index contributed by atoms with van der Waals surface area (Å²) in [5.41, 5.74) is 7.69. The molecule has 0 bridgehead atoms. The summed E-state index contributed by atoms with van der Waals surface area (Å²) in [4.78, 5) is 44.3. The van der Waals surface area contributed by atoms with Gasteiger partial charge in [0.2, 0.25) is 11.8 Å². The minimum Gasteiger partial charge on any atom is -0.354 e. The van der Waals surface area contributed by atoms with Crippen molar-refractivity contribution in [2.24, 2.45) is 11.8 Å². The lowest BCUT2D eigenvalue weighted by molar-refractivity contribution is -0.159. The largest absolute Gasteiger partial charge is 0.354 e. The van der Waals surface area contributed by atoms with Crippen molar-refractivity contribution in [3.63, 3.8) is 0 Å². The van der Waals surface area contributed by atoms with Crippen molar-refractivity contribution in [1.82, 2.24) is 25.6 Å². The Labute approximate surface area is 219 Å². The maximum absolute atomic E-state index is 13.9. The van der Waals surface area contributed by atoms with Gasteiger partial charge in [0.25, 0.3) is 0 Å². The molecule has 4 atom stereocenters. The van der Waals surface area contributed by atoms with Gasteiger partial charge < -0.3 is 10.2 Å². The van der Waals surface area contributed by atoms with Crippen LogP contribution in [0, 0.1) is 25.7 Å².